The van der Waals surface area contributed by atoms with Crippen molar-refractivity contribution in [1.82, 2.24) is 14.7 Å². The van der Waals surface area contributed by atoms with E-state index in [0.717, 1.165) is 18.5 Å². The summed E-state index contributed by atoms with van der Waals surface area (Å²) in [5.41, 5.74) is 0.816. The summed E-state index contributed by atoms with van der Waals surface area (Å²) in [6.07, 6.45) is 5.90. The van der Waals surface area contributed by atoms with Gasteiger partial charge in [0.1, 0.15) is 11.8 Å². The molecule has 3 atom stereocenters. The molecule has 5 nitrogen and oxygen atoms in total. The summed E-state index contributed by atoms with van der Waals surface area (Å²) in [5.74, 6) is 1.01. The van der Waals surface area contributed by atoms with Crippen molar-refractivity contribution in [2.75, 3.05) is 14.2 Å². The molecule has 0 amide bonds. The number of nitrogens with zero attached hydrogens (tertiary/aromatic N) is 3. The van der Waals surface area contributed by atoms with Crippen molar-refractivity contribution in [3.8, 4) is 5.75 Å². The molecule has 1 aromatic rings. The first-order valence-corrected chi connectivity index (χ1v) is 7.07. The van der Waals surface area contributed by atoms with E-state index in [9.17, 15) is 5.11 Å². The Balaban J connectivity index is 1.81. The van der Waals surface area contributed by atoms with Crippen LogP contribution in [0.25, 0.3) is 0 Å². The van der Waals surface area contributed by atoms with Crippen LogP contribution in [-0.2, 0) is 7.05 Å². The van der Waals surface area contributed by atoms with Gasteiger partial charge in [0.15, 0.2) is 5.75 Å². The molecule has 5 heteroatoms. The van der Waals surface area contributed by atoms with Crippen LogP contribution in [0.4, 0.5) is 0 Å². The Bertz CT molecular complexity index is 446. The average Bonchev–Trinajstić information content (AvgIpc) is 2.84. The molecule has 2 saturated heterocycles. The van der Waals surface area contributed by atoms with Crippen molar-refractivity contribution in [2.45, 2.75) is 43.9 Å². The molecule has 0 aromatic carbocycles. The molecule has 106 valence electrons. The zero-order valence-electron chi connectivity index (χ0n) is 11.9. The maximum Gasteiger partial charge on any atom is 0.162 e. The minimum atomic E-state index is -0.473. The fraction of sp³-hybridized carbons (Fsp3) is 0.786. The summed E-state index contributed by atoms with van der Waals surface area (Å²) in [6.45, 7) is 0. The molecule has 1 aromatic heterocycles. The van der Waals surface area contributed by atoms with Gasteiger partial charge < -0.3 is 14.7 Å². The van der Waals surface area contributed by atoms with Crippen molar-refractivity contribution >= 4 is 0 Å². The summed E-state index contributed by atoms with van der Waals surface area (Å²) in [5, 5.41) is 14.9. The highest BCUT2D eigenvalue weighted by atomic mass is 16.5. The van der Waals surface area contributed by atoms with Crippen LogP contribution in [0.1, 0.15) is 37.5 Å². The van der Waals surface area contributed by atoms with E-state index in [4.69, 9.17) is 4.74 Å². The van der Waals surface area contributed by atoms with Crippen LogP contribution in [0, 0.1) is 5.92 Å². The molecule has 2 aliphatic heterocycles. The van der Waals surface area contributed by atoms with Gasteiger partial charge in [-0.2, -0.15) is 5.10 Å². The Morgan fingerprint density at radius 1 is 1.32 bits per heavy atom. The largest absolute Gasteiger partial charge is 0.493 e. The van der Waals surface area contributed by atoms with Crippen LogP contribution in [0.3, 0.4) is 0 Å². The molecule has 0 aliphatic carbocycles. The Morgan fingerprint density at radius 3 is 2.53 bits per heavy atom. The van der Waals surface area contributed by atoms with E-state index in [-0.39, 0.29) is 0 Å². The number of hydrogen-bond acceptors (Lipinski definition) is 4. The second-order valence-corrected chi connectivity index (χ2v) is 5.95. The van der Waals surface area contributed by atoms with Crippen molar-refractivity contribution in [3.63, 3.8) is 0 Å². The first-order chi connectivity index (χ1) is 9.11. The molecule has 2 fully saturated rings. The molecule has 3 heterocycles. The van der Waals surface area contributed by atoms with Crippen LogP contribution in [0.2, 0.25) is 0 Å². The third-order valence-corrected chi connectivity index (χ3v) is 5.03. The number of aryl methyl sites for hydroxylation is 1. The van der Waals surface area contributed by atoms with Crippen molar-refractivity contribution in [2.24, 2.45) is 13.0 Å². The third kappa shape index (κ3) is 2.05. The smallest absolute Gasteiger partial charge is 0.162 e. The summed E-state index contributed by atoms with van der Waals surface area (Å²) < 4.78 is 7.05. The van der Waals surface area contributed by atoms with Crippen LogP contribution in [-0.4, -0.2) is 46.0 Å². The van der Waals surface area contributed by atoms with Gasteiger partial charge in [-0.15, -0.1) is 0 Å². The van der Waals surface area contributed by atoms with Gasteiger partial charge in [-0.1, -0.05) is 0 Å². The maximum atomic E-state index is 10.7. The highest BCUT2D eigenvalue weighted by Gasteiger charge is 2.42. The van der Waals surface area contributed by atoms with E-state index >= 15 is 0 Å². The van der Waals surface area contributed by atoms with Crippen LogP contribution < -0.4 is 4.74 Å². The number of hydrogen-bond donors (Lipinski definition) is 1. The molecule has 19 heavy (non-hydrogen) atoms. The topological polar surface area (TPSA) is 50.5 Å². The van der Waals surface area contributed by atoms with Crippen molar-refractivity contribution in [1.29, 1.82) is 0 Å². The first-order valence-electron chi connectivity index (χ1n) is 7.07. The second kappa shape index (κ2) is 4.80. The predicted molar refractivity (Wildman–Crippen MR) is 72.0 cm³/mol. The van der Waals surface area contributed by atoms with Gasteiger partial charge in [0.05, 0.1) is 13.3 Å². The number of aliphatic hydroxyl groups is 1. The molecule has 0 radical (unpaired) electrons. The van der Waals surface area contributed by atoms with Gasteiger partial charge in [-0.3, -0.25) is 4.68 Å². The zero-order chi connectivity index (χ0) is 13.6. The molecular weight excluding hydrogens is 242 g/mol. The van der Waals surface area contributed by atoms with Gasteiger partial charge >= 0.3 is 0 Å². The highest BCUT2D eigenvalue weighted by Crippen LogP contribution is 2.43. The standard InChI is InChI=1S/C14H23N3O2/c1-16-10-4-5-11(16)7-9(6-10)14(18)13-12(19-3)8-15-17(13)2/h8-11,14,18H,4-7H2,1-3H3. The van der Waals surface area contributed by atoms with Gasteiger partial charge in [-0.25, -0.2) is 0 Å². The zero-order valence-corrected chi connectivity index (χ0v) is 11.9. The van der Waals surface area contributed by atoms with Crippen molar-refractivity contribution in [3.05, 3.63) is 11.9 Å². The lowest BCUT2D eigenvalue weighted by molar-refractivity contribution is 0.0299. The molecule has 2 bridgehead atoms. The Hall–Kier alpha value is -1.07. The number of aliphatic hydroxyl groups excluding tert-OH is 1. The SMILES string of the molecule is COc1cnn(C)c1C(O)C1CC2CCC(C1)N2C. The molecular formula is C14H23N3O2. The second-order valence-electron chi connectivity index (χ2n) is 5.95. The fourth-order valence-corrected chi connectivity index (χ4v) is 3.86. The lowest BCUT2D eigenvalue weighted by atomic mass is 9.85. The van der Waals surface area contributed by atoms with E-state index in [1.807, 2.05) is 7.05 Å². The van der Waals surface area contributed by atoms with Gasteiger partial charge in [0, 0.05) is 19.1 Å². The Kier molecular flexibility index (Phi) is 3.27. The maximum absolute atomic E-state index is 10.7. The summed E-state index contributed by atoms with van der Waals surface area (Å²) in [7, 11) is 5.71. The number of fused-ring (bicyclic) bond motifs is 2. The number of rotatable bonds is 3. The van der Waals surface area contributed by atoms with Gasteiger partial charge in [0.25, 0.3) is 0 Å². The number of ether oxygens (including phenoxy) is 1. The lowest BCUT2D eigenvalue weighted by Gasteiger charge is -2.38. The molecule has 0 spiro atoms. The predicted octanol–water partition coefficient (Wildman–Crippen LogP) is 1.33. The molecule has 2 aliphatic rings. The van der Waals surface area contributed by atoms with Crippen LogP contribution >= 0.6 is 0 Å². The quantitative estimate of drug-likeness (QED) is 0.896. The molecule has 3 rings (SSSR count). The Labute approximate surface area is 114 Å². The summed E-state index contributed by atoms with van der Waals surface area (Å²) in [4.78, 5) is 2.49. The summed E-state index contributed by atoms with van der Waals surface area (Å²) >= 11 is 0. The monoisotopic (exact) mass is 265 g/mol. The fourth-order valence-electron chi connectivity index (χ4n) is 3.86. The minimum absolute atomic E-state index is 0.318. The number of methoxy groups -OCH3 is 1. The van der Waals surface area contributed by atoms with Gasteiger partial charge in [0.2, 0.25) is 0 Å². The number of piperidine rings is 1. The van der Waals surface area contributed by atoms with Gasteiger partial charge in [-0.05, 0) is 38.6 Å². The average molecular weight is 265 g/mol. The van der Waals surface area contributed by atoms with E-state index < -0.39 is 6.10 Å². The minimum Gasteiger partial charge on any atom is -0.493 e. The van der Waals surface area contributed by atoms with E-state index in [0.29, 0.717) is 23.8 Å². The van der Waals surface area contributed by atoms with E-state index in [1.165, 1.54) is 12.8 Å². The van der Waals surface area contributed by atoms with Crippen LogP contribution in [0.5, 0.6) is 5.75 Å². The Morgan fingerprint density at radius 2 is 1.95 bits per heavy atom. The van der Waals surface area contributed by atoms with Crippen molar-refractivity contribution < 1.29 is 9.84 Å². The number of aromatic nitrogens is 2. The highest BCUT2D eigenvalue weighted by molar-refractivity contribution is 5.27. The summed E-state index contributed by atoms with van der Waals surface area (Å²) in [6, 6.07) is 1.27. The molecule has 0 saturated carbocycles. The normalized spacial score (nSPS) is 32.5. The molecule has 3 unspecified atom stereocenters. The van der Waals surface area contributed by atoms with Crippen LogP contribution in [0.15, 0.2) is 6.20 Å². The van der Waals surface area contributed by atoms with E-state index in [1.54, 1.807) is 18.0 Å². The van der Waals surface area contributed by atoms with E-state index in [2.05, 4.69) is 17.0 Å². The molecule has 1 N–H and O–H groups in total. The lowest BCUT2D eigenvalue weighted by Crippen LogP contribution is -2.41. The third-order valence-electron chi connectivity index (χ3n) is 5.03. The first kappa shape index (κ1) is 12.9.